The summed E-state index contributed by atoms with van der Waals surface area (Å²) in [5, 5.41) is 4.05. The number of allylic oxidation sites excluding steroid dienone is 1. The van der Waals surface area contributed by atoms with Crippen molar-refractivity contribution in [1.82, 2.24) is 10.1 Å². The van der Waals surface area contributed by atoms with E-state index >= 15 is 0 Å². The Kier molecular flexibility index (Phi) is 4.73. The zero-order valence-corrected chi connectivity index (χ0v) is 15.3. The number of halogens is 3. The number of hydrogen-bond donors (Lipinski definition) is 1. The number of benzene rings is 1. The molecule has 5 nitrogen and oxygen atoms in total. The Morgan fingerprint density at radius 3 is 2.76 bits per heavy atom. The summed E-state index contributed by atoms with van der Waals surface area (Å²) in [4.78, 5) is 7.86. The van der Waals surface area contributed by atoms with E-state index in [1.165, 1.54) is 7.05 Å². The highest BCUT2D eigenvalue weighted by Gasteiger charge is 2.50. The number of aliphatic imine (C=N–C) groups is 1. The van der Waals surface area contributed by atoms with E-state index in [0.717, 1.165) is 34.5 Å². The standard InChI is InChI=1S/C17H17BrF2N4O/c1-9-3-4-10(18)7-11(9)17(5-6-17)16-23-15(25-24-16)12(21)8-13(22-2)14(19)20/h3-4,7-8,14H,5-6,21H2,1-2H3/b12-8-,22-13?. The van der Waals surface area contributed by atoms with Crippen molar-refractivity contribution >= 4 is 27.3 Å². The molecule has 1 fully saturated rings. The average Bonchev–Trinajstić information content (AvgIpc) is 3.23. The maximum Gasteiger partial charge on any atom is 0.279 e. The Bertz CT molecular complexity index is 856. The van der Waals surface area contributed by atoms with E-state index in [9.17, 15) is 8.78 Å². The number of aromatic nitrogens is 2. The summed E-state index contributed by atoms with van der Waals surface area (Å²) in [5.74, 6) is 0.544. The summed E-state index contributed by atoms with van der Waals surface area (Å²) in [7, 11) is 1.28. The van der Waals surface area contributed by atoms with Crippen molar-refractivity contribution in [3.05, 3.63) is 51.6 Å². The predicted molar refractivity (Wildman–Crippen MR) is 94.7 cm³/mol. The van der Waals surface area contributed by atoms with Crippen LogP contribution in [0.1, 0.15) is 35.7 Å². The Labute approximate surface area is 152 Å². The summed E-state index contributed by atoms with van der Waals surface area (Å²) in [5.41, 5.74) is 7.32. The molecule has 0 bridgehead atoms. The molecule has 1 aliphatic rings. The molecule has 3 rings (SSSR count). The van der Waals surface area contributed by atoms with E-state index in [-0.39, 0.29) is 17.0 Å². The normalized spacial score (nSPS) is 17.2. The minimum Gasteiger partial charge on any atom is -0.394 e. The van der Waals surface area contributed by atoms with Crippen molar-refractivity contribution in [2.45, 2.75) is 31.6 Å². The molecule has 0 spiro atoms. The first kappa shape index (κ1) is 17.7. The first-order valence-corrected chi connectivity index (χ1v) is 8.50. The number of rotatable bonds is 5. The summed E-state index contributed by atoms with van der Waals surface area (Å²) in [6.45, 7) is 2.03. The minimum atomic E-state index is -2.72. The molecule has 0 aliphatic heterocycles. The molecule has 0 radical (unpaired) electrons. The van der Waals surface area contributed by atoms with Crippen molar-refractivity contribution in [3.63, 3.8) is 0 Å². The fourth-order valence-electron chi connectivity index (χ4n) is 2.83. The molecule has 2 aromatic rings. The lowest BCUT2D eigenvalue weighted by Gasteiger charge is -2.14. The molecule has 0 atom stereocenters. The molecule has 0 saturated heterocycles. The lowest BCUT2D eigenvalue weighted by atomic mass is 9.91. The van der Waals surface area contributed by atoms with Gasteiger partial charge in [-0.2, -0.15) is 4.98 Å². The molecule has 2 N–H and O–H groups in total. The first-order chi connectivity index (χ1) is 11.9. The van der Waals surface area contributed by atoms with Gasteiger partial charge in [-0.3, -0.25) is 4.99 Å². The zero-order chi connectivity index (χ0) is 18.2. The highest BCUT2D eigenvalue weighted by atomic mass is 79.9. The fourth-order valence-corrected chi connectivity index (χ4v) is 3.19. The van der Waals surface area contributed by atoms with Gasteiger partial charge in [-0.15, -0.1) is 0 Å². The summed E-state index contributed by atoms with van der Waals surface area (Å²) >= 11 is 3.49. The lowest BCUT2D eigenvalue weighted by molar-refractivity contribution is 0.226. The van der Waals surface area contributed by atoms with E-state index in [0.29, 0.717) is 5.82 Å². The van der Waals surface area contributed by atoms with Gasteiger partial charge in [0.2, 0.25) is 0 Å². The van der Waals surface area contributed by atoms with Gasteiger partial charge in [0.05, 0.1) is 11.1 Å². The molecule has 1 heterocycles. The molecule has 1 saturated carbocycles. The summed E-state index contributed by atoms with van der Waals surface area (Å²) in [6, 6.07) is 6.06. The van der Waals surface area contributed by atoms with Crippen molar-refractivity contribution < 1.29 is 13.3 Å². The Morgan fingerprint density at radius 2 is 2.16 bits per heavy atom. The summed E-state index contributed by atoms with van der Waals surface area (Å²) < 4.78 is 31.7. The zero-order valence-electron chi connectivity index (χ0n) is 13.8. The second-order valence-electron chi connectivity index (χ2n) is 6.01. The molecule has 1 aromatic heterocycles. The molecule has 1 aliphatic carbocycles. The fraction of sp³-hybridized carbons (Fsp3) is 0.353. The van der Waals surface area contributed by atoms with Gasteiger partial charge >= 0.3 is 0 Å². The Hall–Kier alpha value is -2.09. The third kappa shape index (κ3) is 3.35. The van der Waals surface area contributed by atoms with Crippen LogP contribution in [0.2, 0.25) is 0 Å². The van der Waals surface area contributed by atoms with Crippen LogP contribution in [0.5, 0.6) is 0 Å². The van der Waals surface area contributed by atoms with Crippen molar-refractivity contribution in [1.29, 1.82) is 0 Å². The van der Waals surface area contributed by atoms with Crippen LogP contribution in [0, 0.1) is 6.92 Å². The molecule has 25 heavy (non-hydrogen) atoms. The number of nitrogens with zero attached hydrogens (tertiary/aromatic N) is 3. The van der Waals surface area contributed by atoms with Crippen LogP contribution >= 0.6 is 15.9 Å². The number of nitrogens with two attached hydrogens (primary N) is 1. The van der Waals surface area contributed by atoms with E-state index < -0.39 is 12.1 Å². The number of aryl methyl sites for hydroxylation is 1. The molecule has 132 valence electrons. The van der Waals surface area contributed by atoms with Crippen LogP contribution in [-0.2, 0) is 5.41 Å². The van der Waals surface area contributed by atoms with Gasteiger partial charge in [-0.25, -0.2) is 8.78 Å². The monoisotopic (exact) mass is 410 g/mol. The van der Waals surface area contributed by atoms with Gasteiger partial charge in [0, 0.05) is 11.5 Å². The molecular formula is C17H17BrF2N4O. The van der Waals surface area contributed by atoms with E-state index in [4.69, 9.17) is 10.3 Å². The lowest BCUT2D eigenvalue weighted by Crippen LogP contribution is -2.13. The SMILES string of the molecule is CN=C(/C=C(\N)c1nc(C2(c3cc(Br)ccc3C)CC2)no1)C(F)F. The van der Waals surface area contributed by atoms with Crippen LogP contribution in [0.3, 0.4) is 0 Å². The second-order valence-corrected chi connectivity index (χ2v) is 6.93. The molecule has 8 heteroatoms. The quantitative estimate of drug-likeness (QED) is 0.759. The average molecular weight is 411 g/mol. The third-order valence-electron chi connectivity index (χ3n) is 4.35. The Balaban J connectivity index is 1.94. The van der Waals surface area contributed by atoms with Crippen molar-refractivity contribution in [3.8, 4) is 0 Å². The topological polar surface area (TPSA) is 77.3 Å². The minimum absolute atomic E-state index is 0.0238. The maximum atomic E-state index is 12.8. The van der Waals surface area contributed by atoms with Crippen molar-refractivity contribution in [2.24, 2.45) is 10.7 Å². The number of hydrogen-bond acceptors (Lipinski definition) is 5. The van der Waals surface area contributed by atoms with E-state index in [1.54, 1.807) is 0 Å². The molecule has 0 unspecified atom stereocenters. The number of alkyl halides is 2. The largest absolute Gasteiger partial charge is 0.394 e. The van der Waals surface area contributed by atoms with Crippen LogP contribution < -0.4 is 5.73 Å². The van der Waals surface area contributed by atoms with E-state index in [1.807, 2.05) is 19.1 Å². The van der Waals surface area contributed by atoms with Crippen LogP contribution in [0.4, 0.5) is 8.78 Å². The van der Waals surface area contributed by atoms with Crippen LogP contribution in [-0.4, -0.2) is 29.3 Å². The van der Waals surface area contributed by atoms with Gasteiger partial charge < -0.3 is 10.3 Å². The van der Waals surface area contributed by atoms with Gasteiger partial charge in [0.15, 0.2) is 5.82 Å². The highest BCUT2D eigenvalue weighted by molar-refractivity contribution is 9.10. The molecular weight excluding hydrogens is 394 g/mol. The van der Waals surface area contributed by atoms with Crippen LogP contribution in [0.15, 0.2) is 38.3 Å². The second kappa shape index (κ2) is 6.67. The van der Waals surface area contributed by atoms with Gasteiger partial charge in [0.1, 0.15) is 5.71 Å². The van der Waals surface area contributed by atoms with Gasteiger partial charge in [-0.05, 0) is 49.1 Å². The van der Waals surface area contributed by atoms with E-state index in [2.05, 4.69) is 37.1 Å². The first-order valence-electron chi connectivity index (χ1n) is 7.70. The predicted octanol–water partition coefficient (Wildman–Crippen LogP) is 3.86. The van der Waals surface area contributed by atoms with Gasteiger partial charge in [0.25, 0.3) is 12.3 Å². The van der Waals surface area contributed by atoms with Gasteiger partial charge in [-0.1, -0.05) is 27.2 Å². The highest BCUT2D eigenvalue weighted by Crippen LogP contribution is 2.53. The van der Waals surface area contributed by atoms with Crippen molar-refractivity contribution in [2.75, 3.05) is 7.05 Å². The Morgan fingerprint density at radius 1 is 1.44 bits per heavy atom. The van der Waals surface area contributed by atoms with Crippen LogP contribution in [0.25, 0.3) is 5.70 Å². The molecule has 1 aromatic carbocycles. The third-order valence-corrected chi connectivity index (χ3v) is 4.84. The summed E-state index contributed by atoms with van der Waals surface area (Å²) in [6.07, 6.45) is 0.133. The smallest absolute Gasteiger partial charge is 0.279 e. The maximum absolute atomic E-state index is 12.8. The molecule has 0 amide bonds.